The number of carbonyl (C=O) groups excluding carboxylic acids is 1. The fourth-order valence-corrected chi connectivity index (χ4v) is 3.08. The zero-order chi connectivity index (χ0) is 15.4. The Kier molecular flexibility index (Phi) is 5.39. The van der Waals surface area contributed by atoms with Gasteiger partial charge in [0.1, 0.15) is 0 Å². The lowest BCUT2D eigenvalue weighted by atomic mass is 9.79. The number of nitrogens with one attached hydrogen (secondary N) is 1. The minimum absolute atomic E-state index is 0.0123. The largest absolute Gasteiger partial charge is 0.349 e. The number of hydrogen-bond donors (Lipinski definition) is 2. The third-order valence-electron chi connectivity index (χ3n) is 4.86. The van der Waals surface area contributed by atoms with Gasteiger partial charge in [0.05, 0.1) is 11.8 Å². The highest BCUT2D eigenvalue weighted by atomic mass is 16.1. The monoisotopic (exact) mass is 292 g/mol. The van der Waals surface area contributed by atoms with Crippen molar-refractivity contribution in [3.63, 3.8) is 0 Å². The third kappa shape index (κ3) is 3.84. The van der Waals surface area contributed by atoms with Gasteiger partial charge >= 0.3 is 0 Å². The molecule has 1 aliphatic rings. The smallest absolute Gasteiger partial charge is 0.254 e. The van der Waals surface area contributed by atoms with Gasteiger partial charge in [0.15, 0.2) is 0 Å². The lowest BCUT2D eigenvalue weighted by molar-refractivity contribution is 0.0910. The summed E-state index contributed by atoms with van der Waals surface area (Å²) in [5, 5.41) is 7.47. The van der Waals surface area contributed by atoms with Crippen LogP contribution in [0.1, 0.15) is 55.6 Å². The molecule has 0 spiro atoms. The molecule has 21 heavy (non-hydrogen) atoms. The highest BCUT2D eigenvalue weighted by Gasteiger charge is 2.26. The summed E-state index contributed by atoms with van der Waals surface area (Å²) in [6, 6.07) is 0.301. The number of nitrogens with zero attached hydrogens (tertiary/aromatic N) is 2. The molecule has 1 aromatic heterocycles. The molecule has 3 unspecified atom stereocenters. The highest BCUT2D eigenvalue weighted by molar-refractivity contribution is 5.95. The summed E-state index contributed by atoms with van der Waals surface area (Å²) in [5.74, 6) is 1.45. The molecule has 5 nitrogen and oxygen atoms in total. The van der Waals surface area contributed by atoms with E-state index in [0.717, 1.165) is 37.4 Å². The maximum absolute atomic E-state index is 12.4. The van der Waals surface area contributed by atoms with Gasteiger partial charge in [-0.05, 0) is 51.0 Å². The number of rotatable bonds is 5. The molecule has 3 atom stereocenters. The van der Waals surface area contributed by atoms with Crippen molar-refractivity contribution < 1.29 is 4.79 Å². The molecule has 0 radical (unpaired) electrons. The average Bonchev–Trinajstić information content (AvgIpc) is 2.82. The van der Waals surface area contributed by atoms with Crippen LogP contribution in [-0.4, -0.2) is 28.3 Å². The number of aromatic nitrogens is 2. The van der Waals surface area contributed by atoms with Crippen molar-refractivity contribution in [3.8, 4) is 0 Å². The summed E-state index contributed by atoms with van der Waals surface area (Å²) >= 11 is 0. The van der Waals surface area contributed by atoms with Gasteiger partial charge in [-0.25, -0.2) is 0 Å². The summed E-state index contributed by atoms with van der Waals surface area (Å²) in [6.07, 6.45) is 5.91. The first kappa shape index (κ1) is 16.0. The Balaban J connectivity index is 1.96. The van der Waals surface area contributed by atoms with Crippen LogP contribution in [-0.2, 0) is 6.54 Å². The van der Waals surface area contributed by atoms with Crippen molar-refractivity contribution in [2.45, 2.75) is 59.0 Å². The van der Waals surface area contributed by atoms with Gasteiger partial charge in [-0.1, -0.05) is 13.8 Å². The number of hydrogen-bond acceptors (Lipinski definition) is 3. The minimum atomic E-state index is 0.0123. The van der Waals surface area contributed by atoms with Crippen molar-refractivity contribution in [2.75, 3.05) is 6.54 Å². The van der Waals surface area contributed by atoms with Crippen LogP contribution in [0.25, 0.3) is 0 Å². The van der Waals surface area contributed by atoms with E-state index in [2.05, 4.69) is 24.3 Å². The molecule has 5 heteroatoms. The second-order valence-electron chi connectivity index (χ2n) is 6.45. The number of nitrogens with two attached hydrogens (primary N) is 1. The second kappa shape index (κ2) is 7.07. The third-order valence-corrected chi connectivity index (χ3v) is 4.86. The van der Waals surface area contributed by atoms with Gasteiger partial charge in [0.25, 0.3) is 5.91 Å². The molecular formula is C16H28N4O. The van der Waals surface area contributed by atoms with E-state index in [1.165, 1.54) is 6.42 Å². The first-order valence-corrected chi connectivity index (χ1v) is 8.06. The van der Waals surface area contributed by atoms with Gasteiger partial charge in [-0.2, -0.15) is 5.10 Å². The number of carbonyl (C=O) groups is 1. The molecule has 0 aliphatic heterocycles. The van der Waals surface area contributed by atoms with E-state index in [-0.39, 0.29) is 5.91 Å². The van der Waals surface area contributed by atoms with Crippen LogP contribution in [0, 0.1) is 18.8 Å². The Morgan fingerprint density at radius 1 is 1.43 bits per heavy atom. The molecule has 118 valence electrons. The molecule has 0 aromatic carbocycles. The van der Waals surface area contributed by atoms with E-state index in [0.29, 0.717) is 24.1 Å². The lowest BCUT2D eigenvalue weighted by Gasteiger charge is -2.32. The van der Waals surface area contributed by atoms with Gasteiger partial charge in [-0.3, -0.25) is 9.48 Å². The van der Waals surface area contributed by atoms with Crippen LogP contribution in [0.15, 0.2) is 6.20 Å². The topological polar surface area (TPSA) is 72.9 Å². The Bertz CT molecular complexity index is 483. The molecule has 3 N–H and O–H groups in total. The SMILES string of the molecule is Cc1c(C(=O)NC2CCC(C)C(C)C2)cnn1CCCN. The quantitative estimate of drug-likeness (QED) is 0.873. The van der Waals surface area contributed by atoms with Gasteiger partial charge < -0.3 is 11.1 Å². The summed E-state index contributed by atoms with van der Waals surface area (Å²) in [5.41, 5.74) is 7.14. The minimum Gasteiger partial charge on any atom is -0.349 e. The van der Waals surface area contributed by atoms with Crippen molar-refractivity contribution in [1.29, 1.82) is 0 Å². The molecular weight excluding hydrogens is 264 g/mol. The zero-order valence-corrected chi connectivity index (χ0v) is 13.4. The second-order valence-corrected chi connectivity index (χ2v) is 6.45. The van der Waals surface area contributed by atoms with Crippen LogP contribution in [0.3, 0.4) is 0 Å². The first-order chi connectivity index (χ1) is 10.0. The Hall–Kier alpha value is -1.36. The molecule has 1 saturated carbocycles. The molecule has 2 rings (SSSR count). The number of aryl methyl sites for hydroxylation is 1. The maximum atomic E-state index is 12.4. The summed E-state index contributed by atoms with van der Waals surface area (Å²) in [7, 11) is 0. The van der Waals surface area contributed by atoms with E-state index in [1.54, 1.807) is 6.20 Å². The average molecular weight is 292 g/mol. The zero-order valence-electron chi connectivity index (χ0n) is 13.4. The van der Waals surface area contributed by atoms with Gasteiger partial charge in [-0.15, -0.1) is 0 Å². The van der Waals surface area contributed by atoms with Gasteiger partial charge in [0, 0.05) is 18.3 Å². The van der Waals surface area contributed by atoms with Crippen LogP contribution < -0.4 is 11.1 Å². The Morgan fingerprint density at radius 2 is 2.19 bits per heavy atom. The fourth-order valence-electron chi connectivity index (χ4n) is 3.08. The Morgan fingerprint density at radius 3 is 2.86 bits per heavy atom. The van der Waals surface area contributed by atoms with Crippen molar-refractivity contribution >= 4 is 5.91 Å². The van der Waals surface area contributed by atoms with E-state index < -0.39 is 0 Å². The molecule has 1 aromatic rings. The maximum Gasteiger partial charge on any atom is 0.254 e. The molecule has 0 saturated heterocycles. The molecule has 0 bridgehead atoms. The van der Waals surface area contributed by atoms with Crippen LogP contribution in [0.5, 0.6) is 0 Å². The predicted molar refractivity (Wildman–Crippen MR) is 84.1 cm³/mol. The molecule has 1 aliphatic carbocycles. The molecule has 1 amide bonds. The van der Waals surface area contributed by atoms with E-state index >= 15 is 0 Å². The standard InChI is InChI=1S/C16H28N4O/c1-11-5-6-14(9-12(11)2)19-16(21)15-10-18-20(13(15)3)8-4-7-17/h10-12,14H,4-9,17H2,1-3H3,(H,19,21). The predicted octanol–water partition coefficient (Wildman–Crippen LogP) is 2.09. The lowest BCUT2D eigenvalue weighted by Crippen LogP contribution is -2.40. The van der Waals surface area contributed by atoms with E-state index in [9.17, 15) is 4.79 Å². The van der Waals surface area contributed by atoms with Crippen molar-refractivity contribution in [3.05, 3.63) is 17.5 Å². The molecule has 1 heterocycles. The molecule has 1 fully saturated rings. The summed E-state index contributed by atoms with van der Waals surface area (Å²) in [6.45, 7) is 7.93. The van der Waals surface area contributed by atoms with E-state index in [1.807, 2.05) is 11.6 Å². The highest BCUT2D eigenvalue weighted by Crippen LogP contribution is 2.29. The number of amides is 1. The first-order valence-electron chi connectivity index (χ1n) is 8.06. The van der Waals surface area contributed by atoms with Crippen LogP contribution in [0.2, 0.25) is 0 Å². The fraction of sp³-hybridized carbons (Fsp3) is 0.750. The Labute approximate surface area is 127 Å². The summed E-state index contributed by atoms with van der Waals surface area (Å²) in [4.78, 5) is 12.4. The van der Waals surface area contributed by atoms with E-state index in [4.69, 9.17) is 5.73 Å². The van der Waals surface area contributed by atoms with Gasteiger partial charge in [0.2, 0.25) is 0 Å². The summed E-state index contributed by atoms with van der Waals surface area (Å²) < 4.78 is 1.87. The van der Waals surface area contributed by atoms with Crippen molar-refractivity contribution in [2.24, 2.45) is 17.6 Å². The van der Waals surface area contributed by atoms with Crippen molar-refractivity contribution in [1.82, 2.24) is 15.1 Å². The normalized spacial score (nSPS) is 25.8. The van der Waals surface area contributed by atoms with Crippen LogP contribution in [0.4, 0.5) is 0 Å². The van der Waals surface area contributed by atoms with Crippen LogP contribution >= 0.6 is 0 Å².